The highest BCUT2D eigenvalue weighted by Crippen LogP contribution is 2.46. The van der Waals surface area contributed by atoms with Gasteiger partial charge in [0.15, 0.2) is 5.78 Å². The number of allylic oxidation sites excluding steroid dienone is 1. The number of halogens is 1. The van der Waals surface area contributed by atoms with E-state index in [9.17, 15) is 9.59 Å². The molecule has 6 heteroatoms. The van der Waals surface area contributed by atoms with E-state index in [0.29, 0.717) is 12.0 Å². The highest BCUT2D eigenvalue weighted by molar-refractivity contribution is 7.10. The van der Waals surface area contributed by atoms with Gasteiger partial charge >= 0.3 is 0 Å². The molecule has 0 bridgehead atoms. The van der Waals surface area contributed by atoms with Crippen molar-refractivity contribution in [2.75, 3.05) is 10.2 Å². The molecule has 0 fully saturated rings. The number of para-hydroxylation sites is 2. The van der Waals surface area contributed by atoms with Gasteiger partial charge in [-0.3, -0.25) is 14.5 Å². The van der Waals surface area contributed by atoms with Gasteiger partial charge in [-0.05, 0) is 55.5 Å². The number of hydrogen-bond acceptors (Lipinski definition) is 4. The average Bonchev–Trinajstić information content (AvgIpc) is 3.23. The number of thiophene rings is 1. The van der Waals surface area contributed by atoms with E-state index in [2.05, 4.69) is 5.32 Å². The third-order valence-electron chi connectivity index (χ3n) is 5.77. The minimum absolute atomic E-state index is 0. The van der Waals surface area contributed by atoms with Crippen molar-refractivity contribution in [2.24, 2.45) is 0 Å². The van der Waals surface area contributed by atoms with Gasteiger partial charge in [0.25, 0.3) is 5.91 Å². The van der Waals surface area contributed by atoms with Crippen LogP contribution in [0.5, 0.6) is 0 Å². The molecular formula is C25H23ClN2O2S. The predicted molar refractivity (Wildman–Crippen MR) is 128 cm³/mol. The summed E-state index contributed by atoms with van der Waals surface area (Å²) >= 11 is 1.58. The Labute approximate surface area is 192 Å². The highest BCUT2D eigenvalue weighted by Gasteiger charge is 2.40. The van der Waals surface area contributed by atoms with Crippen LogP contribution in [0.1, 0.15) is 46.1 Å². The first-order valence-corrected chi connectivity index (χ1v) is 11.1. The molecule has 1 aliphatic heterocycles. The SMILES string of the molecule is Cc1ccc(C(=O)N2c3ccccc3NC3=C(C(=O)CCC3)C2c2cccs2)cc1.Cl. The molecule has 1 amide bonds. The summed E-state index contributed by atoms with van der Waals surface area (Å²) in [5.41, 5.74) is 5.04. The first-order chi connectivity index (χ1) is 14.6. The monoisotopic (exact) mass is 450 g/mol. The summed E-state index contributed by atoms with van der Waals surface area (Å²) in [6.07, 6.45) is 2.16. The summed E-state index contributed by atoms with van der Waals surface area (Å²) in [6.45, 7) is 2.01. The molecular weight excluding hydrogens is 428 g/mol. The molecule has 3 aromatic rings. The van der Waals surface area contributed by atoms with Crippen molar-refractivity contribution in [1.29, 1.82) is 0 Å². The number of hydrogen-bond donors (Lipinski definition) is 1. The molecule has 1 aromatic heterocycles. The zero-order valence-electron chi connectivity index (χ0n) is 17.1. The number of carbonyl (C=O) groups is 2. The molecule has 158 valence electrons. The summed E-state index contributed by atoms with van der Waals surface area (Å²) in [6, 6.07) is 19.0. The number of anilines is 2. The minimum atomic E-state index is -0.433. The van der Waals surface area contributed by atoms with E-state index in [1.807, 2.05) is 77.9 Å². The Hall–Kier alpha value is -2.89. The lowest BCUT2D eigenvalue weighted by Gasteiger charge is -2.33. The lowest BCUT2D eigenvalue weighted by molar-refractivity contribution is -0.116. The number of amides is 1. The molecule has 2 aliphatic rings. The summed E-state index contributed by atoms with van der Waals surface area (Å²) in [5, 5.41) is 5.50. The van der Waals surface area contributed by atoms with Crippen LogP contribution in [-0.4, -0.2) is 11.7 Å². The Morgan fingerprint density at radius 2 is 1.81 bits per heavy atom. The van der Waals surface area contributed by atoms with Gasteiger partial charge in [-0.25, -0.2) is 0 Å². The van der Waals surface area contributed by atoms with Crippen LogP contribution in [0, 0.1) is 6.92 Å². The van der Waals surface area contributed by atoms with Gasteiger partial charge in [-0.15, -0.1) is 23.7 Å². The second kappa shape index (κ2) is 8.69. The summed E-state index contributed by atoms with van der Waals surface area (Å²) in [5.74, 6) is 0.0198. The Kier molecular flexibility index (Phi) is 5.99. The first kappa shape index (κ1) is 21.3. The number of rotatable bonds is 2. The van der Waals surface area contributed by atoms with E-state index in [0.717, 1.165) is 45.9 Å². The zero-order chi connectivity index (χ0) is 20.7. The maximum absolute atomic E-state index is 13.9. The Balaban J connectivity index is 0.00000231. The van der Waals surface area contributed by atoms with Crippen LogP contribution in [-0.2, 0) is 4.79 Å². The second-order valence-corrected chi connectivity index (χ2v) is 8.75. The van der Waals surface area contributed by atoms with Gasteiger partial charge in [0, 0.05) is 28.1 Å². The zero-order valence-corrected chi connectivity index (χ0v) is 18.8. The lowest BCUT2D eigenvalue weighted by Crippen LogP contribution is -2.37. The number of Topliss-reactive ketones (excluding diaryl/α,β-unsaturated/α-hetero) is 1. The van der Waals surface area contributed by atoms with Gasteiger partial charge < -0.3 is 5.32 Å². The molecule has 1 unspecified atom stereocenters. The van der Waals surface area contributed by atoms with E-state index in [-0.39, 0.29) is 24.1 Å². The van der Waals surface area contributed by atoms with Gasteiger partial charge in [0.2, 0.25) is 0 Å². The van der Waals surface area contributed by atoms with Crippen molar-refractivity contribution in [2.45, 2.75) is 32.2 Å². The van der Waals surface area contributed by atoms with E-state index in [1.54, 1.807) is 11.3 Å². The van der Waals surface area contributed by atoms with E-state index in [4.69, 9.17) is 0 Å². The fourth-order valence-electron chi connectivity index (χ4n) is 4.31. The molecule has 0 saturated carbocycles. The number of benzene rings is 2. The number of nitrogens with zero attached hydrogens (tertiary/aromatic N) is 1. The molecule has 5 rings (SSSR count). The molecule has 31 heavy (non-hydrogen) atoms. The molecule has 1 aliphatic carbocycles. The Morgan fingerprint density at radius 1 is 1.03 bits per heavy atom. The summed E-state index contributed by atoms with van der Waals surface area (Å²) in [7, 11) is 0. The topological polar surface area (TPSA) is 49.4 Å². The van der Waals surface area contributed by atoms with Crippen molar-refractivity contribution in [3.05, 3.63) is 93.3 Å². The van der Waals surface area contributed by atoms with Gasteiger partial charge in [-0.2, -0.15) is 0 Å². The van der Waals surface area contributed by atoms with Crippen LogP contribution in [0.25, 0.3) is 0 Å². The minimum Gasteiger partial charge on any atom is -0.357 e. The van der Waals surface area contributed by atoms with E-state index >= 15 is 0 Å². The number of fused-ring (bicyclic) bond motifs is 1. The maximum atomic E-state index is 13.9. The normalized spacial score (nSPS) is 17.8. The van der Waals surface area contributed by atoms with Crippen LogP contribution >= 0.6 is 23.7 Å². The third-order valence-corrected chi connectivity index (χ3v) is 6.69. The molecule has 0 spiro atoms. The molecule has 2 heterocycles. The molecule has 1 N–H and O–H groups in total. The number of aryl methyl sites for hydroxylation is 1. The number of nitrogens with one attached hydrogen (secondary N) is 1. The van der Waals surface area contributed by atoms with E-state index < -0.39 is 6.04 Å². The smallest absolute Gasteiger partial charge is 0.259 e. The summed E-state index contributed by atoms with van der Waals surface area (Å²) in [4.78, 5) is 29.8. The van der Waals surface area contributed by atoms with Crippen LogP contribution in [0.15, 0.2) is 77.3 Å². The highest BCUT2D eigenvalue weighted by atomic mass is 35.5. The van der Waals surface area contributed by atoms with Crippen molar-refractivity contribution in [3.63, 3.8) is 0 Å². The lowest BCUT2D eigenvalue weighted by atomic mass is 9.88. The number of carbonyl (C=O) groups excluding carboxylic acids is 2. The largest absolute Gasteiger partial charge is 0.357 e. The number of ketones is 1. The average molecular weight is 451 g/mol. The molecule has 0 saturated heterocycles. The van der Waals surface area contributed by atoms with Crippen molar-refractivity contribution >= 4 is 46.8 Å². The summed E-state index contributed by atoms with van der Waals surface area (Å²) < 4.78 is 0. The fourth-order valence-corrected chi connectivity index (χ4v) is 5.13. The molecule has 2 aromatic carbocycles. The van der Waals surface area contributed by atoms with Gasteiger partial charge in [-0.1, -0.05) is 35.9 Å². The van der Waals surface area contributed by atoms with Crippen LogP contribution in [0.2, 0.25) is 0 Å². The standard InChI is InChI=1S/C25H22N2O2S.ClH/c1-16-11-13-17(14-12-16)25(29)27-20-8-3-2-6-18(20)26-19-7-4-9-21(28)23(19)24(27)22-10-5-15-30-22;/h2-3,5-6,8,10-15,24,26H,4,7,9H2,1H3;1H. The predicted octanol–water partition coefficient (Wildman–Crippen LogP) is 6.30. The fraction of sp³-hybridized carbons (Fsp3) is 0.200. The third kappa shape index (κ3) is 3.80. The quantitative estimate of drug-likeness (QED) is 0.498. The second-order valence-electron chi connectivity index (χ2n) is 7.77. The Morgan fingerprint density at radius 3 is 2.55 bits per heavy atom. The molecule has 4 nitrogen and oxygen atoms in total. The van der Waals surface area contributed by atoms with Crippen molar-refractivity contribution in [3.8, 4) is 0 Å². The molecule has 1 atom stereocenters. The van der Waals surface area contributed by atoms with Gasteiger partial charge in [0.1, 0.15) is 6.04 Å². The first-order valence-electron chi connectivity index (χ1n) is 10.2. The van der Waals surface area contributed by atoms with Crippen LogP contribution < -0.4 is 10.2 Å². The van der Waals surface area contributed by atoms with E-state index in [1.165, 1.54) is 0 Å². The Bertz CT molecular complexity index is 1150. The molecule has 0 radical (unpaired) electrons. The van der Waals surface area contributed by atoms with Crippen LogP contribution in [0.3, 0.4) is 0 Å². The van der Waals surface area contributed by atoms with Gasteiger partial charge in [0.05, 0.1) is 11.4 Å². The van der Waals surface area contributed by atoms with Crippen molar-refractivity contribution in [1.82, 2.24) is 0 Å². The van der Waals surface area contributed by atoms with Crippen LogP contribution in [0.4, 0.5) is 11.4 Å². The van der Waals surface area contributed by atoms with Crippen molar-refractivity contribution < 1.29 is 9.59 Å². The maximum Gasteiger partial charge on any atom is 0.259 e.